The molecule has 0 aliphatic rings. The van der Waals surface area contributed by atoms with Crippen molar-refractivity contribution in [2.24, 2.45) is 0 Å². The lowest BCUT2D eigenvalue weighted by Crippen LogP contribution is -2.16. The van der Waals surface area contributed by atoms with Crippen molar-refractivity contribution >= 4 is 23.3 Å². The summed E-state index contributed by atoms with van der Waals surface area (Å²) in [4.78, 5) is 29.5. The summed E-state index contributed by atoms with van der Waals surface area (Å²) in [5.74, 6) is 0.208. The summed E-state index contributed by atoms with van der Waals surface area (Å²) < 4.78 is 1.90. The summed E-state index contributed by atoms with van der Waals surface area (Å²) in [6.45, 7) is 4.04. The normalized spacial score (nSPS) is 10.7. The van der Waals surface area contributed by atoms with E-state index >= 15 is 0 Å². The first-order valence-corrected chi connectivity index (χ1v) is 9.88. The lowest BCUT2D eigenvalue weighted by Gasteiger charge is -2.11. The van der Waals surface area contributed by atoms with Gasteiger partial charge in [-0.05, 0) is 56.3 Å². The van der Waals surface area contributed by atoms with Gasteiger partial charge in [-0.25, -0.2) is 4.98 Å². The highest BCUT2D eigenvalue weighted by molar-refractivity contribution is 6.06. The van der Waals surface area contributed by atoms with Gasteiger partial charge in [0.25, 0.3) is 11.8 Å². The zero-order valence-corrected chi connectivity index (χ0v) is 17.4. The van der Waals surface area contributed by atoms with Gasteiger partial charge in [-0.15, -0.1) is 15.3 Å². The Bertz CT molecular complexity index is 1250. The number of aromatic nitrogens is 6. The summed E-state index contributed by atoms with van der Waals surface area (Å²) >= 11 is 0. The average molecular weight is 428 g/mol. The molecular weight excluding hydrogens is 408 g/mol. The molecule has 0 spiro atoms. The predicted octanol–water partition coefficient (Wildman–Crippen LogP) is 3.22. The van der Waals surface area contributed by atoms with Gasteiger partial charge < -0.3 is 15.2 Å². The first-order chi connectivity index (χ1) is 15.5. The number of nitrogens with one attached hydrogen (secondary N) is 2. The molecule has 0 aliphatic heterocycles. The summed E-state index contributed by atoms with van der Waals surface area (Å²) in [6, 6.07) is 15.2. The van der Waals surface area contributed by atoms with Crippen molar-refractivity contribution in [3.8, 4) is 11.5 Å². The highest BCUT2D eigenvalue weighted by Gasteiger charge is 2.14. The highest BCUT2D eigenvalue weighted by atomic mass is 16.2. The second-order valence-electron chi connectivity index (χ2n) is 7.16. The molecule has 2 N–H and O–H groups in total. The number of hydrogen-bond acceptors (Lipinski definition) is 7. The van der Waals surface area contributed by atoms with E-state index in [1.54, 1.807) is 60.9 Å². The van der Waals surface area contributed by atoms with Crippen molar-refractivity contribution in [2.45, 2.75) is 19.9 Å². The minimum absolute atomic E-state index is 0.167. The monoisotopic (exact) mass is 428 g/mol. The lowest BCUT2D eigenvalue weighted by molar-refractivity contribution is 0.101. The predicted molar refractivity (Wildman–Crippen MR) is 118 cm³/mol. The maximum atomic E-state index is 12.8. The molecule has 0 radical (unpaired) electrons. The Morgan fingerprint density at radius 2 is 1.75 bits per heavy atom. The van der Waals surface area contributed by atoms with Gasteiger partial charge in [0.15, 0.2) is 11.5 Å². The number of carbonyl (C=O) groups is 2. The molecule has 0 aliphatic carbocycles. The van der Waals surface area contributed by atoms with E-state index in [0.29, 0.717) is 28.6 Å². The largest absolute Gasteiger partial charge is 0.321 e. The maximum absolute atomic E-state index is 12.8. The van der Waals surface area contributed by atoms with E-state index in [0.717, 1.165) is 0 Å². The molecule has 160 valence electrons. The fourth-order valence-corrected chi connectivity index (χ4v) is 2.98. The van der Waals surface area contributed by atoms with Gasteiger partial charge in [0, 0.05) is 23.5 Å². The molecular formula is C22H20N8O2. The second kappa shape index (κ2) is 9.13. The van der Waals surface area contributed by atoms with Gasteiger partial charge in [0.05, 0.1) is 0 Å². The molecule has 0 saturated heterocycles. The van der Waals surface area contributed by atoms with E-state index in [9.17, 15) is 9.59 Å². The number of amides is 2. The molecule has 1 aromatic carbocycles. The van der Waals surface area contributed by atoms with E-state index < -0.39 is 5.91 Å². The third kappa shape index (κ3) is 4.64. The Morgan fingerprint density at radius 3 is 2.53 bits per heavy atom. The minimum atomic E-state index is -0.417. The molecule has 0 atom stereocenters. The Morgan fingerprint density at radius 1 is 0.906 bits per heavy atom. The standard InChI is InChI=1S/C22H20N8O2/c1-14(2)30-13-24-29-20(30)17-8-4-10-19(26-17)27-21(31)15-6-3-7-16(12-15)25-22(32)18-9-5-11-23-28-18/h3-14H,1-2H3,(H,25,32)(H,26,27,31). The molecule has 0 fully saturated rings. The van der Waals surface area contributed by atoms with Crippen LogP contribution in [0.1, 0.15) is 40.7 Å². The smallest absolute Gasteiger partial charge is 0.276 e. The number of nitrogens with zero attached hydrogens (tertiary/aromatic N) is 6. The number of anilines is 2. The van der Waals surface area contributed by atoms with Crippen molar-refractivity contribution in [2.75, 3.05) is 10.6 Å². The van der Waals surface area contributed by atoms with Crippen molar-refractivity contribution < 1.29 is 9.59 Å². The van der Waals surface area contributed by atoms with Gasteiger partial charge in [-0.3, -0.25) is 9.59 Å². The topological polar surface area (TPSA) is 128 Å². The Labute approximate surface area is 183 Å². The van der Waals surface area contributed by atoms with Crippen molar-refractivity contribution in [3.05, 3.63) is 78.4 Å². The van der Waals surface area contributed by atoms with Crippen LogP contribution in [0.2, 0.25) is 0 Å². The van der Waals surface area contributed by atoms with Gasteiger partial charge in [-0.2, -0.15) is 5.10 Å². The van der Waals surface area contributed by atoms with Crippen molar-refractivity contribution in [3.63, 3.8) is 0 Å². The Hall–Kier alpha value is -4.47. The molecule has 3 aromatic heterocycles. The first kappa shape index (κ1) is 20.8. The van der Waals surface area contributed by atoms with Crippen LogP contribution < -0.4 is 10.6 Å². The average Bonchev–Trinajstić information content (AvgIpc) is 3.30. The SMILES string of the molecule is CC(C)n1cnnc1-c1cccc(NC(=O)c2cccc(NC(=O)c3cccnn3)c2)n1. The second-order valence-corrected chi connectivity index (χ2v) is 7.16. The molecule has 32 heavy (non-hydrogen) atoms. The zero-order chi connectivity index (χ0) is 22.5. The van der Waals surface area contributed by atoms with E-state index in [2.05, 4.69) is 36.0 Å². The van der Waals surface area contributed by atoms with E-state index in [1.165, 1.54) is 6.20 Å². The summed E-state index contributed by atoms with van der Waals surface area (Å²) in [7, 11) is 0. The summed E-state index contributed by atoms with van der Waals surface area (Å²) in [6.07, 6.45) is 3.13. The molecule has 0 unspecified atom stereocenters. The van der Waals surface area contributed by atoms with Crippen LogP contribution in [0.4, 0.5) is 11.5 Å². The number of pyridine rings is 1. The van der Waals surface area contributed by atoms with Gasteiger partial charge in [0.1, 0.15) is 17.8 Å². The van der Waals surface area contributed by atoms with Crippen LogP contribution in [0.15, 0.2) is 67.1 Å². The summed E-state index contributed by atoms with van der Waals surface area (Å²) in [5, 5.41) is 21.0. The van der Waals surface area contributed by atoms with Crippen LogP contribution in [0.5, 0.6) is 0 Å². The van der Waals surface area contributed by atoms with Crippen LogP contribution in [-0.2, 0) is 0 Å². The molecule has 4 rings (SSSR count). The van der Waals surface area contributed by atoms with Crippen molar-refractivity contribution in [1.82, 2.24) is 29.9 Å². The third-order valence-electron chi connectivity index (χ3n) is 4.54. The lowest BCUT2D eigenvalue weighted by atomic mass is 10.2. The summed E-state index contributed by atoms with van der Waals surface area (Å²) in [5.41, 5.74) is 1.59. The molecule has 2 amide bonds. The number of hydrogen-bond donors (Lipinski definition) is 2. The fourth-order valence-electron chi connectivity index (χ4n) is 2.98. The van der Waals surface area contributed by atoms with E-state index in [-0.39, 0.29) is 17.6 Å². The Kier molecular flexibility index (Phi) is 5.93. The highest BCUT2D eigenvalue weighted by Crippen LogP contribution is 2.20. The van der Waals surface area contributed by atoms with Gasteiger partial charge in [-0.1, -0.05) is 12.1 Å². The molecule has 10 heteroatoms. The number of benzene rings is 1. The van der Waals surface area contributed by atoms with Crippen LogP contribution in [0.25, 0.3) is 11.5 Å². The minimum Gasteiger partial charge on any atom is -0.321 e. The molecule has 0 bridgehead atoms. The molecule has 10 nitrogen and oxygen atoms in total. The van der Waals surface area contributed by atoms with E-state index in [1.807, 2.05) is 18.4 Å². The quantitative estimate of drug-likeness (QED) is 0.483. The Balaban J connectivity index is 1.49. The molecule has 0 saturated carbocycles. The molecule has 4 aromatic rings. The molecule has 3 heterocycles. The number of carbonyl (C=O) groups excluding carboxylic acids is 2. The third-order valence-corrected chi connectivity index (χ3v) is 4.54. The zero-order valence-electron chi connectivity index (χ0n) is 17.4. The maximum Gasteiger partial charge on any atom is 0.276 e. The van der Waals surface area contributed by atoms with Gasteiger partial charge >= 0.3 is 0 Å². The van der Waals surface area contributed by atoms with Crippen molar-refractivity contribution in [1.29, 1.82) is 0 Å². The van der Waals surface area contributed by atoms with Crippen LogP contribution in [-0.4, -0.2) is 41.8 Å². The van der Waals surface area contributed by atoms with E-state index in [4.69, 9.17) is 0 Å². The van der Waals surface area contributed by atoms with Gasteiger partial charge in [0.2, 0.25) is 0 Å². The van der Waals surface area contributed by atoms with Crippen LogP contribution in [0, 0.1) is 0 Å². The first-order valence-electron chi connectivity index (χ1n) is 9.88. The van der Waals surface area contributed by atoms with Crippen LogP contribution in [0.3, 0.4) is 0 Å². The van der Waals surface area contributed by atoms with Crippen LogP contribution >= 0.6 is 0 Å². The number of rotatable bonds is 6. The fraction of sp³-hybridized carbons (Fsp3) is 0.136.